The van der Waals surface area contributed by atoms with E-state index in [2.05, 4.69) is 29.3 Å². The van der Waals surface area contributed by atoms with Crippen molar-refractivity contribution in [2.75, 3.05) is 13.2 Å². The number of aromatic amines is 1. The molecule has 3 aromatic carbocycles. The second kappa shape index (κ2) is 8.98. The number of ether oxygens (including phenoxy) is 2. The lowest BCUT2D eigenvalue weighted by molar-refractivity contribution is 0.0254. The number of H-pyrrole nitrogens is 1. The Hall–Kier alpha value is -3.59. The van der Waals surface area contributed by atoms with Crippen molar-refractivity contribution in [2.45, 2.75) is 38.4 Å². The van der Waals surface area contributed by atoms with Crippen LogP contribution in [0.1, 0.15) is 37.8 Å². The van der Waals surface area contributed by atoms with Crippen LogP contribution in [-0.2, 0) is 10.3 Å². The van der Waals surface area contributed by atoms with Gasteiger partial charge < -0.3 is 19.6 Å². The highest BCUT2D eigenvalue weighted by atomic mass is 16.5. The minimum atomic E-state index is -0.870. The monoisotopic (exact) mass is 452 g/mol. The van der Waals surface area contributed by atoms with E-state index in [1.807, 2.05) is 48.5 Å². The molecule has 1 fully saturated rings. The van der Waals surface area contributed by atoms with Gasteiger partial charge in [0.2, 0.25) is 0 Å². The number of rotatable bonds is 5. The van der Waals surface area contributed by atoms with Crippen molar-refractivity contribution in [2.24, 2.45) is 0 Å². The maximum absolute atomic E-state index is 10.2. The van der Waals surface area contributed by atoms with Crippen molar-refractivity contribution in [3.05, 3.63) is 77.9 Å². The highest BCUT2D eigenvalue weighted by Crippen LogP contribution is 2.35. The van der Waals surface area contributed by atoms with E-state index >= 15 is 0 Å². The van der Waals surface area contributed by atoms with Gasteiger partial charge >= 0.3 is 0 Å². The summed E-state index contributed by atoms with van der Waals surface area (Å²) in [6.45, 7) is 4.96. The fraction of sp³-hybridized carbons (Fsp3) is 0.276. The Balaban J connectivity index is 1.48. The van der Waals surface area contributed by atoms with Crippen LogP contribution < -0.4 is 4.74 Å². The van der Waals surface area contributed by atoms with Crippen LogP contribution in [0.25, 0.3) is 33.3 Å². The highest BCUT2D eigenvalue weighted by Gasteiger charge is 2.18. The fourth-order valence-corrected chi connectivity index (χ4v) is 4.48. The number of aliphatic hydroxyl groups is 1. The van der Waals surface area contributed by atoms with E-state index in [0.29, 0.717) is 24.5 Å². The number of hydrogen-bond acceptors (Lipinski definition) is 4. The number of nitrogens with one attached hydrogen (secondary N) is 1. The minimum absolute atomic E-state index is 0.0881. The molecule has 1 aromatic heterocycles. The lowest BCUT2D eigenvalue weighted by Crippen LogP contribution is -2.26. The zero-order valence-electron chi connectivity index (χ0n) is 19.5. The number of aromatic nitrogens is 1. The van der Waals surface area contributed by atoms with E-state index < -0.39 is 5.60 Å². The molecule has 0 spiro atoms. The van der Waals surface area contributed by atoms with Gasteiger partial charge in [-0.2, -0.15) is 5.26 Å². The molecule has 0 unspecified atom stereocenters. The summed E-state index contributed by atoms with van der Waals surface area (Å²) in [7, 11) is 0. The molecule has 1 aliphatic rings. The molecular formula is C29H28N2O3. The maximum atomic E-state index is 10.2. The lowest BCUT2D eigenvalue weighted by Gasteiger charge is -2.24. The molecular weight excluding hydrogens is 424 g/mol. The van der Waals surface area contributed by atoms with Crippen LogP contribution in [0.2, 0.25) is 0 Å². The summed E-state index contributed by atoms with van der Waals surface area (Å²) in [6, 6.07) is 24.4. The Morgan fingerprint density at radius 1 is 1.00 bits per heavy atom. The zero-order valence-corrected chi connectivity index (χ0v) is 19.5. The van der Waals surface area contributed by atoms with E-state index in [9.17, 15) is 10.4 Å². The van der Waals surface area contributed by atoms with Crippen molar-refractivity contribution in [3.63, 3.8) is 0 Å². The molecule has 0 bridgehead atoms. The van der Waals surface area contributed by atoms with Crippen molar-refractivity contribution >= 4 is 10.9 Å². The Kier molecular flexibility index (Phi) is 5.87. The SMILES string of the molecule is CC(C)(O)c1ccc(-c2cc3c(-c4ccc(OC5CCOCC5)c(C#N)c4)cccc3[nH]2)cc1. The van der Waals surface area contributed by atoms with Gasteiger partial charge in [0.15, 0.2) is 0 Å². The minimum Gasteiger partial charge on any atom is -0.489 e. The molecule has 2 N–H and O–H groups in total. The first-order valence-corrected chi connectivity index (χ1v) is 11.7. The van der Waals surface area contributed by atoms with Crippen LogP contribution in [0.4, 0.5) is 0 Å². The molecule has 2 heterocycles. The molecule has 34 heavy (non-hydrogen) atoms. The molecule has 4 aromatic rings. The molecule has 0 saturated carbocycles. The molecule has 0 aliphatic carbocycles. The standard InChI is InChI=1S/C29H28N2O3/c1-29(2,32)22-9-6-19(7-10-22)27-17-25-24(4-3-5-26(25)31-27)20-8-11-28(21(16-20)18-30)34-23-12-14-33-15-13-23/h3-11,16-17,23,31-32H,12-15H2,1-2H3. The van der Waals surface area contributed by atoms with E-state index in [-0.39, 0.29) is 6.10 Å². The molecule has 5 heteroatoms. The van der Waals surface area contributed by atoms with Crippen LogP contribution >= 0.6 is 0 Å². The molecule has 172 valence electrons. The van der Waals surface area contributed by atoms with E-state index in [1.165, 1.54) is 0 Å². The molecule has 1 saturated heterocycles. The van der Waals surface area contributed by atoms with Crippen LogP contribution in [0.5, 0.6) is 5.75 Å². The number of benzene rings is 3. The molecule has 5 rings (SSSR count). The zero-order chi connectivity index (χ0) is 23.7. The van der Waals surface area contributed by atoms with Gasteiger partial charge in [-0.05, 0) is 60.4 Å². The van der Waals surface area contributed by atoms with E-state index in [0.717, 1.165) is 51.7 Å². The van der Waals surface area contributed by atoms with Crippen molar-refractivity contribution in [1.82, 2.24) is 4.98 Å². The molecule has 0 amide bonds. The quantitative estimate of drug-likeness (QED) is 0.380. The summed E-state index contributed by atoms with van der Waals surface area (Å²) >= 11 is 0. The number of hydrogen-bond donors (Lipinski definition) is 2. The summed E-state index contributed by atoms with van der Waals surface area (Å²) in [5.41, 5.74) is 5.66. The number of nitriles is 1. The Morgan fingerprint density at radius 2 is 1.74 bits per heavy atom. The highest BCUT2D eigenvalue weighted by molar-refractivity contribution is 5.98. The Morgan fingerprint density at radius 3 is 2.44 bits per heavy atom. The second-order valence-electron chi connectivity index (χ2n) is 9.34. The molecule has 1 aliphatic heterocycles. The third kappa shape index (κ3) is 4.43. The first-order chi connectivity index (χ1) is 16.4. The van der Waals surface area contributed by atoms with Gasteiger partial charge in [-0.25, -0.2) is 0 Å². The number of nitrogens with zero attached hydrogens (tertiary/aromatic N) is 1. The molecule has 5 nitrogen and oxygen atoms in total. The second-order valence-corrected chi connectivity index (χ2v) is 9.34. The van der Waals surface area contributed by atoms with Gasteiger partial charge in [-0.1, -0.05) is 42.5 Å². The van der Waals surface area contributed by atoms with Crippen LogP contribution in [0.15, 0.2) is 66.7 Å². The Labute approximate surface area is 199 Å². The summed E-state index contributed by atoms with van der Waals surface area (Å²) in [5.74, 6) is 0.631. The van der Waals surface area contributed by atoms with Crippen molar-refractivity contribution < 1.29 is 14.6 Å². The maximum Gasteiger partial charge on any atom is 0.137 e. The molecule has 0 radical (unpaired) electrons. The summed E-state index contributed by atoms with van der Waals surface area (Å²) < 4.78 is 11.5. The topological polar surface area (TPSA) is 78.3 Å². The van der Waals surface area contributed by atoms with E-state index in [4.69, 9.17) is 9.47 Å². The molecule has 0 atom stereocenters. The van der Waals surface area contributed by atoms with Gasteiger partial charge in [0, 0.05) is 29.4 Å². The van der Waals surface area contributed by atoms with Crippen molar-refractivity contribution in [3.8, 4) is 34.2 Å². The van der Waals surface area contributed by atoms with Gasteiger partial charge in [0.05, 0.1) is 24.4 Å². The normalized spacial score (nSPS) is 14.8. The van der Waals surface area contributed by atoms with Crippen LogP contribution in [-0.4, -0.2) is 29.4 Å². The summed E-state index contributed by atoms with van der Waals surface area (Å²) in [6.07, 6.45) is 1.77. The summed E-state index contributed by atoms with van der Waals surface area (Å²) in [4.78, 5) is 3.51. The van der Waals surface area contributed by atoms with Gasteiger partial charge in [-0.3, -0.25) is 0 Å². The predicted octanol–water partition coefficient (Wildman–Crippen LogP) is 6.16. The first kappa shape index (κ1) is 22.2. The third-order valence-electron chi connectivity index (χ3n) is 6.44. The van der Waals surface area contributed by atoms with Gasteiger partial charge in [0.1, 0.15) is 17.9 Å². The average molecular weight is 453 g/mol. The predicted molar refractivity (Wildman–Crippen MR) is 134 cm³/mol. The average Bonchev–Trinajstić information content (AvgIpc) is 3.29. The van der Waals surface area contributed by atoms with Crippen LogP contribution in [0.3, 0.4) is 0 Å². The van der Waals surface area contributed by atoms with Crippen LogP contribution in [0, 0.1) is 11.3 Å². The van der Waals surface area contributed by atoms with Gasteiger partial charge in [-0.15, -0.1) is 0 Å². The Bertz CT molecular complexity index is 1350. The number of fused-ring (bicyclic) bond motifs is 1. The van der Waals surface area contributed by atoms with E-state index in [1.54, 1.807) is 13.8 Å². The smallest absolute Gasteiger partial charge is 0.137 e. The van der Waals surface area contributed by atoms with Crippen molar-refractivity contribution in [1.29, 1.82) is 5.26 Å². The first-order valence-electron chi connectivity index (χ1n) is 11.7. The lowest BCUT2D eigenvalue weighted by atomic mass is 9.96. The van der Waals surface area contributed by atoms with Gasteiger partial charge in [0.25, 0.3) is 0 Å². The largest absolute Gasteiger partial charge is 0.489 e. The third-order valence-corrected chi connectivity index (χ3v) is 6.44. The summed E-state index contributed by atoms with van der Waals surface area (Å²) in [5, 5.41) is 21.1. The fourth-order valence-electron chi connectivity index (χ4n) is 4.48.